The summed E-state index contributed by atoms with van der Waals surface area (Å²) >= 11 is -22.1. The summed E-state index contributed by atoms with van der Waals surface area (Å²) in [5, 5.41) is 0. The first kappa shape index (κ1) is 33.4. The summed E-state index contributed by atoms with van der Waals surface area (Å²) < 4.78 is 128. The molecular weight excluding hydrogens is 654 g/mol. The third-order valence-electron chi connectivity index (χ3n) is 0. The summed E-state index contributed by atoms with van der Waals surface area (Å²) in [6, 6.07) is 0. The molecule has 0 heterocycles. The summed E-state index contributed by atoms with van der Waals surface area (Å²) in [6.07, 6.45) is 0. The molecular formula is H11Mo4NO16. The van der Waals surface area contributed by atoms with E-state index < -0.39 is 67.0 Å². The standard InChI is InChI=1S/4Mo.H3N.8H2O.8O/h;;;;1H3;8*1H2;;;;;;;;/q4*+2;;;;;;;;;;;;;;;;;/p-8. The van der Waals surface area contributed by atoms with Gasteiger partial charge >= 0.3 is 124 Å². The molecule has 0 rings (SSSR count). The predicted molar refractivity (Wildman–Crippen MR) is 28.3 cm³/mol. The van der Waals surface area contributed by atoms with Crippen LogP contribution in [0.1, 0.15) is 0 Å². The van der Waals surface area contributed by atoms with Gasteiger partial charge in [-0.05, 0) is 0 Å². The first-order valence-electron chi connectivity index (χ1n) is 2.79. The molecule has 0 aliphatic carbocycles. The Balaban J connectivity index is -0.0000000533. The van der Waals surface area contributed by atoms with E-state index in [0.717, 1.165) is 0 Å². The molecule has 21 heteroatoms. The van der Waals surface area contributed by atoms with Crippen LogP contribution >= 0.6 is 0 Å². The van der Waals surface area contributed by atoms with E-state index in [9.17, 15) is 0 Å². The molecule has 17 nitrogen and oxygen atoms in total. The van der Waals surface area contributed by atoms with Crippen LogP contribution in [0.5, 0.6) is 0 Å². The van der Waals surface area contributed by atoms with Gasteiger partial charge in [-0.15, -0.1) is 0 Å². The molecule has 0 saturated carbocycles. The Hall–Kier alpha value is 0.793. The van der Waals surface area contributed by atoms with Crippen molar-refractivity contribution in [3.63, 3.8) is 0 Å². The molecule has 0 amide bonds. The fourth-order valence-corrected chi connectivity index (χ4v) is 0. The molecule has 0 unspecified atom stereocenters. The van der Waals surface area contributed by atoms with E-state index in [4.69, 9.17) is 57.3 Å². The van der Waals surface area contributed by atoms with E-state index in [0.29, 0.717) is 0 Å². The van der Waals surface area contributed by atoms with Crippen molar-refractivity contribution >= 4 is 0 Å². The van der Waals surface area contributed by atoms with E-state index in [1.54, 1.807) is 0 Å². The van der Waals surface area contributed by atoms with Crippen molar-refractivity contribution in [2.75, 3.05) is 0 Å². The van der Waals surface area contributed by atoms with Crippen LogP contribution in [-0.2, 0) is 94.2 Å². The third kappa shape index (κ3) is 11700. The van der Waals surface area contributed by atoms with Gasteiger partial charge in [0.05, 0.1) is 0 Å². The Labute approximate surface area is 129 Å². The molecule has 0 radical (unpaired) electrons. The van der Waals surface area contributed by atoms with Crippen molar-refractivity contribution in [3.05, 3.63) is 0 Å². The molecule has 0 atom stereocenters. The summed E-state index contributed by atoms with van der Waals surface area (Å²) in [5.41, 5.74) is 0. The molecule has 136 valence electrons. The summed E-state index contributed by atoms with van der Waals surface area (Å²) in [7, 11) is 0. The molecule has 0 fully saturated rings. The second-order valence-corrected chi connectivity index (χ2v) is 10.6. The zero-order chi connectivity index (χ0) is 18.0. The first-order valence-corrected chi connectivity index (χ1v) is 16.5. The third-order valence-corrected chi connectivity index (χ3v) is 0. The second kappa shape index (κ2) is 13.3. The van der Waals surface area contributed by atoms with Crippen LogP contribution in [0.4, 0.5) is 0 Å². The molecule has 0 aromatic rings. The maximum absolute atomic E-state index is 8.85. The molecule has 0 aromatic carbocycles. The SMILES string of the molecule is N.[O]=[Mo](=[O])([OH])[OH].[O]=[Mo](=[O])([OH])[OH].[O]=[Mo](=[O])([OH])[OH].[O]=[Mo](=[O])([OH])[OH]. The minimum atomic E-state index is -5.52. The van der Waals surface area contributed by atoms with E-state index in [-0.39, 0.29) is 6.15 Å². The van der Waals surface area contributed by atoms with Crippen molar-refractivity contribution in [2.45, 2.75) is 0 Å². The molecule has 0 aromatic heterocycles. The van der Waals surface area contributed by atoms with Crippen LogP contribution in [0.2, 0.25) is 0 Å². The van der Waals surface area contributed by atoms with Gasteiger partial charge in [0.25, 0.3) is 0 Å². The predicted octanol–water partition coefficient (Wildman–Crippen LogP) is -5.25. The fourth-order valence-electron chi connectivity index (χ4n) is 0. The van der Waals surface area contributed by atoms with Crippen LogP contribution in [0.25, 0.3) is 0 Å². The molecule has 0 aliphatic heterocycles. The Kier molecular flexibility index (Phi) is 21.1. The van der Waals surface area contributed by atoms with Gasteiger partial charge < -0.3 is 6.15 Å². The van der Waals surface area contributed by atoms with Crippen molar-refractivity contribution in [3.8, 4) is 0 Å². The van der Waals surface area contributed by atoms with Gasteiger partial charge in [0.1, 0.15) is 0 Å². The van der Waals surface area contributed by atoms with Gasteiger partial charge in [-0.1, -0.05) is 0 Å². The Morgan fingerprint density at radius 1 is 0.333 bits per heavy atom. The average Bonchev–Trinajstić information content (AvgIpc) is 1.62. The number of hydrogen-bond donors (Lipinski definition) is 9. The Morgan fingerprint density at radius 2 is 0.333 bits per heavy atom. The summed E-state index contributed by atoms with van der Waals surface area (Å²) in [4.78, 5) is 0. The summed E-state index contributed by atoms with van der Waals surface area (Å²) in [5.74, 6) is 0. The minimum absolute atomic E-state index is 0. The van der Waals surface area contributed by atoms with Gasteiger partial charge in [-0.2, -0.15) is 0 Å². The summed E-state index contributed by atoms with van der Waals surface area (Å²) in [6.45, 7) is 0. The van der Waals surface area contributed by atoms with Crippen LogP contribution < -0.4 is 6.15 Å². The van der Waals surface area contributed by atoms with Gasteiger partial charge in [-0.3, -0.25) is 0 Å². The van der Waals surface area contributed by atoms with E-state index in [2.05, 4.69) is 0 Å². The normalized spacial score (nSPS) is 11.0. The van der Waals surface area contributed by atoms with Crippen LogP contribution in [0, 0.1) is 0 Å². The molecule has 0 spiro atoms. The number of rotatable bonds is 0. The van der Waals surface area contributed by atoms with Crippen LogP contribution in [0.15, 0.2) is 0 Å². The quantitative estimate of drug-likeness (QED) is 0.109. The van der Waals surface area contributed by atoms with E-state index in [1.807, 2.05) is 0 Å². The Morgan fingerprint density at radius 3 is 0.333 bits per heavy atom. The molecule has 0 bridgehead atoms. The zero-order valence-corrected chi connectivity index (χ0v) is 17.2. The number of hydrogen-bond acceptors (Lipinski definition) is 9. The molecule has 21 heavy (non-hydrogen) atoms. The zero-order valence-electron chi connectivity index (χ0n) is 9.18. The average molecular weight is 665 g/mol. The Bertz CT molecular complexity index is 473. The van der Waals surface area contributed by atoms with E-state index in [1.165, 1.54) is 0 Å². The second-order valence-electron chi connectivity index (χ2n) is 1.79. The molecule has 0 saturated heterocycles. The fraction of sp³-hybridized carbons (Fsp3) is 0. The van der Waals surface area contributed by atoms with Crippen molar-refractivity contribution in [1.29, 1.82) is 0 Å². The van der Waals surface area contributed by atoms with Gasteiger partial charge in [0.2, 0.25) is 0 Å². The van der Waals surface area contributed by atoms with Crippen molar-refractivity contribution < 1.29 is 124 Å². The topological polar surface area (TPSA) is 333 Å². The van der Waals surface area contributed by atoms with Crippen LogP contribution in [0.3, 0.4) is 0 Å². The van der Waals surface area contributed by atoms with Crippen LogP contribution in [-0.4, -0.2) is 30.1 Å². The van der Waals surface area contributed by atoms with Crippen molar-refractivity contribution in [1.82, 2.24) is 6.15 Å². The maximum atomic E-state index is 8.85. The molecule has 0 aliphatic rings. The van der Waals surface area contributed by atoms with Crippen molar-refractivity contribution in [2.24, 2.45) is 0 Å². The van der Waals surface area contributed by atoms with Gasteiger partial charge in [-0.25, -0.2) is 0 Å². The monoisotopic (exact) mass is 673 g/mol. The van der Waals surface area contributed by atoms with E-state index >= 15 is 0 Å². The molecule has 11 N–H and O–H groups in total. The van der Waals surface area contributed by atoms with Gasteiger partial charge in [0, 0.05) is 0 Å². The van der Waals surface area contributed by atoms with Gasteiger partial charge in [0.15, 0.2) is 0 Å². The first-order chi connectivity index (χ1) is 8.00.